The zero-order valence-electron chi connectivity index (χ0n) is 28.6. The van der Waals surface area contributed by atoms with Crippen LogP contribution in [0.3, 0.4) is 0 Å². The van der Waals surface area contributed by atoms with E-state index in [0.717, 1.165) is 42.8 Å². The number of fused-ring (bicyclic) bond motifs is 1. The first-order valence-electron chi connectivity index (χ1n) is 17.4. The molecule has 0 spiro atoms. The van der Waals surface area contributed by atoms with E-state index in [1.54, 1.807) is 13.0 Å². The van der Waals surface area contributed by atoms with Crippen molar-refractivity contribution in [3.8, 4) is 0 Å². The molecule has 5 amide bonds. The van der Waals surface area contributed by atoms with Gasteiger partial charge in [0.1, 0.15) is 30.4 Å². The van der Waals surface area contributed by atoms with Gasteiger partial charge in [-0.25, -0.2) is 0 Å². The van der Waals surface area contributed by atoms with E-state index in [2.05, 4.69) is 20.9 Å². The van der Waals surface area contributed by atoms with Crippen LogP contribution in [0.1, 0.15) is 80.8 Å². The normalized spacial score (nSPS) is 24.9. The van der Waals surface area contributed by atoms with Crippen LogP contribution in [0.5, 0.6) is 0 Å². The summed E-state index contributed by atoms with van der Waals surface area (Å²) < 4.78 is 6.13. The average molecular weight is 663 g/mol. The van der Waals surface area contributed by atoms with Crippen molar-refractivity contribution in [1.82, 2.24) is 30.7 Å². The van der Waals surface area contributed by atoms with E-state index in [9.17, 15) is 24.0 Å². The Morgan fingerprint density at radius 1 is 0.958 bits per heavy atom. The molecule has 1 aromatic carbocycles. The number of nitrogens with zero attached hydrogens (tertiary/aromatic N) is 3. The summed E-state index contributed by atoms with van der Waals surface area (Å²) in [7, 11) is 0. The van der Waals surface area contributed by atoms with Gasteiger partial charge in [-0.2, -0.15) is 0 Å². The molecule has 0 aliphatic carbocycles. The van der Waals surface area contributed by atoms with Crippen molar-refractivity contribution in [2.75, 3.05) is 32.7 Å². The van der Waals surface area contributed by atoms with Gasteiger partial charge in [0.25, 0.3) is 5.91 Å². The molecule has 12 heteroatoms. The monoisotopic (exact) mass is 662 g/mol. The lowest BCUT2D eigenvalue weighted by Gasteiger charge is -2.30. The first-order valence-corrected chi connectivity index (χ1v) is 17.4. The van der Waals surface area contributed by atoms with Crippen LogP contribution in [0.25, 0.3) is 0 Å². The second kappa shape index (κ2) is 15.8. The number of hydrogen-bond acceptors (Lipinski definition) is 7. The van der Waals surface area contributed by atoms with Crippen LogP contribution >= 0.6 is 0 Å². The lowest BCUT2D eigenvalue weighted by atomic mass is 10.00. The number of likely N-dealkylation sites (tertiary alicyclic amines) is 1. The molecular formula is C36H50N6O6. The summed E-state index contributed by atoms with van der Waals surface area (Å²) >= 11 is 0. The minimum Gasteiger partial charge on any atom is -0.456 e. The Hall–Kier alpha value is -4.19. The Morgan fingerprint density at radius 3 is 2.38 bits per heavy atom. The van der Waals surface area contributed by atoms with Crippen LogP contribution in [0.15, 0.2) is 40.8 Å². The van der Waals surface area contributed by atoms with Crippen molar-refractivity contribution in [1.29, 1.82) is 0 Å². The zero-order chi connectivity index (χ0) is 34.4. The highest BCUT2D eigenvalue weighted by Crippen LogP contribution is 2.23. The molecule has 5 rings (SSSR count). The first-order chi connectivity index (χ1) is 23.0. The summed E-state index contributed by atoms with van der Waals surface area (Å²) in [6.07, 6.45) is 4.37. The van der Waals surface area contributed by atoms with Crippen LogP contribution in [0.2, 0.25) is 0 Å². The number of carbonyl (C=O) groups is 5. The Labute approximate surface area is 282 Å². The van der Waals surface area contributed by atoms with E-state index in [1.165, 1.54) is 9.80 Å². The molecule has 0 bridgehead atoms. The number of aryl methyl sites for hydroxylation is 1. The maximum atomic E-state index is 14.2. The minimum atomic E-state index is -0.920. The van der Waals surface area contributed by atoms with Gasteiger partial charge in [-0.1, -0.05) is 51.1 Å². The van der Waals surface area contributed by atoms with Crippen molar-refractivity contribution >= 4 is 29.5 Å². The van der Waals surface area contributed by atoms with Gasteiger partial charge in [-0.15, -0.1) is 0 Å². The SMILES string of the molecule is CCc1oc(C(=O)N2CC(=O)N[C@@H](C)C(=O)N3CCC[C@@H]3C(=O)N[C@@H](C(C)C)C(=O)N[C@@H](Cc3ccccc3)C2)cc1CN1CCCC1. The second-order valence-corrected chi connectivity index (χ2v) is 13.7. The summed E-state index contributed by atoms with van der Waals surface area (Å²) in [5.41, 5.74) is 1.89. The number of furan rings is 1. The molecule has 1 aromatic heterocycles. The van der Waals surface area contributed by atoms with Gasteiger partial charge in [0.05, 0.1) is 6.04 Å². The number of benzene rings is 1. The number of amides is 5. The van der Waals surface area contributed by atoms with Crippen LogP contribution in [-0.2, 0) is 38.6 Å². The van der Waals surface area contributed by atoms with E-state index in [4.69, 9.17) is 4.42 Å². The van der Waals surface area contributed by atoms with E-state index in [-0.39, 0.29) is 30.7 Å². The third kappa shape index (κ3) is 8.44. The predicted octanol–water partition coefficient (Wildman–Crippen LogP) is 2.26. The lowest BCUT2D eigenvalue weighted by molar-refractivity contribution is -0.142. The van der Waals surface area contributed by atoms with E-state index in [1.807, 2.05) is 51.1 Å². The number of carbonyl (C=O) groups excluding carboxylic acids is 5. The fraction of sp³-hybridized carbons (Fsp3) is 0.583. The lowest BCUT2D eigenvalue weighted by Crippen LogP contribution is -2.58. The fourth-order valence-corrected chi connectivity index (χ4v) is 7.04. The smallest absolute Gasteiger partial charge is 0.290 e. The van der Waals surface area contributed by atoms with Gasteiger partial charge >= 0.3 is 0 Å². The van der Waals surface area contributed by atoms with E-state index >= 15 is 0 Å². The quantitative estimate of drug-likeness (QED) is 0.413. The van der Waals surface area contributed by atoms with Gasteiger partial charge in [-0.05, 0) is 69.7 Å². The van der Waals surface area contributed by atoms with Crippen LogP contribution in [0, 0.1) is 5.92 Å². The molecule has 12 nitrogen and oxygen atoms in total. The molecular weight excluding hydrogens is 612 g/mol. The molecule has 0 radical (unpaired) electrons. The largest absolute Gasteiger partial charge is 0.456 e. The molecule has 0 saturated carbocycles. The zero-order valence-corrected chi connectivity index (χ0v) is 28.6. The third-order valence-electron chi connectivity index (χ3n) is 9.59. The summed E-state index contributed by atoms with van der Waals surface area (Å²) in [4.78, 5) is 73.9. The Balaban J connectivity index is 1.49. The Morgan fingerprint density at radius 2 is 1.69 bits per heavy atom. The van der Waals surface area contributed by atoms with Crippen LogP contribution in [0.4, 0.5) is 0 Å². The molecule has 48 heavy (non-hydrogen) atoms. The number of rotatable bonds is 7. The molecule has 4 heterocycles. The number of hydrogen-bond donors (Lipinski definition) is 3. The first kappa shape index (κ1) is 35.1. The van der Waals surface area contributed by atoms with E-state index < -0.39 is 47.8 Å². The summed E-state index contributed by atoms with van der Waals surface area (Å²) in [5.74, 6) is -1.56. The van der Waals surface area contributed by atoms with Crippen LogP contribution < -0.4 is 16.0 Å². The molecule has 3 saturated heterocycles. The van der Waals surface area contributed by atoms with Crippen molar-refractivity contribution < 1.29 is 28.4 Å². The highest BCUT2D eigenvalue weighted by atomic mass is 16.4. The summed E-state index contributed by atoms with van der Waals surface area (Å²) in [5, 5.41) is 8.76. The van der Waals surface area contributed by atoms with Gasteiger partial charge in [-0.3, -0.25) is 28.9 Å². The van der Waals surface area contributed by atoms with Gasteiger partial charge in [0.15, 0.2) is 5.76 Å². The van der Waals surface area contributed by atoms with Crippen LogP contribution in [-0.4, -0.2) is 101 Å². The van der Waals surface area contributed by atoms with Crippen molar-refractivity contribution in [3.63, 3.8) is 0 Å². The average Bonchev–Trinajstić information content (AvgIpc) is 3.84. The van der Waals surface area contributed by atoms with Gasteiger partial charge in [0, 0.05) is 31.6 Å². The minimum absolute atomic E-state index is 0.00760. The van der Waals surface area contributed by atoms with Gasteiger partial charge in [0.2, 0.25) is 23.6 Å². The molecule has 0 unspecified atom stereocenters. The predicted molar refractivity (Wildman–Crippen MR) is 180 cm³/mol. The number of nitrogens with one attached hydrogen (secondary N) is 3. The molecule has 3 aliphatic rings. The summed E-state index contributed by atoms with van der Waals surface area (Å²) in [6, 6.07) is 8.23. The molecule has 3 aliphatic heterocycles. The maximum Gasteiger partial charge on any atom is 0.290 e. The highest BCUT2D eigenvalue weighted by Gasteiger charge is 2.39. The molecule has 3 N–H and O–H groups in total. The Kier molecular flexibility index (Phi) is 11.6. The molecule has 2 aromatic rings. The summed E-state index contributed by atoms with van der Waals surface area (Å²) in [6.45, 7) is 9.97. The molecule has 4 atom stereocenters. The molecule has 3 fully saturated rings. The molecule has 260 valence electrons. The topological polar surface area (TPSA) is 144 Å². The van der Waals surface area contributed by atoms with Crippen molar-refractivity contribution in [2.24, 2.45) is 5.92 Å². The Bertz CT molecular complexity index is 1470. The fourth-order valence-electron chi connectivity index (χ4n) is 7.04. The highest BCUT2D eigenvalue weighted by molar-refractivity contribution is 5.97. The van der Waals surface area contributed by atoms with Crippen molar-refractivity contribution in [2.45, 2.75) is 96.9 Å². The van der Waals surface area contributed by atoms with Crippen molar-refractivity contribution in [3.05, 3.63) is 59.0 Å². The maximum absolute atomic E-state index is 14.2. The second-order valence-electron chi connectivity index (χ2n) is 13.7. The third-order valence-corrected chi connectivity index (χ3v) is 9.59. The van der Waals surface area contributed by atoms with E-state index in [0.29, 0.717) is 38.8 Å². The standard InChI is InChI=1S/C36H50N6O6/c1-5-29-26(20-40-15-9-10-16-40)19-30(48-29)36(47)41-21-27(18-25-12-7-6-8-13-25)38-34(45)32(23(2)3)39-33(44)28-14-11-17-42(28)35(46)24(4)37-31(43)22-41/h6-8,12-13,19,23-24,27-28,32H,5,9-11,14-18,20-22H2,1-4H3,(H,37,43)(H,38,45)(H,39,44)/t24-,27-,28+,32-/m0/s1. The van der Waals surface area contributed by atoms with Gasteiger partial charge < -0.3 is 30.2 Å².